The minimum atomic E-state index is -2.89. The molecule has 2 aliphatic heterocycles. The molecule has 1 amide bonds. The zero-order chi connectivity index (χ0) is 14.9. The van der Waals surface area contributed by atoms with E-state index in [1.54, 1.807) is 0 Å². The maximum atomic E-state index is 12.5. The zero-order valence-corrected chi connectivity index (χ0v) is 12.8. The number of rotatable bonds is 2. The van der Waals surface area contributed by atoms with Crippen molar-refractivity contribution in [3.05, 3.63) is 29.8 Å². The molecule has 2 aliphatic rings. The number of aryl methyl sites for hydroxylation is 1. The molecule has 6 heteroatoms. The van der Waals surface area contributed by atoms with E-state index in [4.69, 9.17) is 0 Å². The summed E-state index contributed by atoms with van der Waals surface area (Å²) >= 11 is 0. The number of fused-ring (bicyclic) bond motifs is 1. The molecular formula is C15H20N2O3S. The molecular weight excluding hydrogens is 288 g/mol. The number of hydrogen-bond acceptors (Lipinski definition) is 4. The van der Waals surface area contributed by atoms with E-state index in [1.165, 1.54) is 5.56 Å². The standard InChI is InChI=1S/C15H20N2O3S/c18-15(12-16-8-10-21(19,20)11-9-16)17-7-3-5-13-4-1-2-6-14(13)17/h1-2,4,6H,3,5,7-12H2. The van der Waals surface area contributed by atoms with Crippen LogP contribution in [0.15, 0.2) is 24.3 Å². The van der Waals surface area contributed by atoms with Crippen LogP contribution in [0.4, 0.5) is 5.69 Å². The average Bonchev–Trinajstić information content (AvgIpc) is 2.49. The SMILES string of the molecule is O=C(CN1CCS(=O)(=O)CC1)N1CCCc2ccccc21. The summed E-state index contributed by atoms with van der Waals surface area (Å²) in [5, 5.41) is 0. The number of carbonyl (C=O) groups excluding carboxylic acids is 1. The fourth-order valence-electron chi connectivity index (χ4n) is 2.98. The Kier molecular flexibility index (Phi) is 3.99. The Balaban J connectivity index is 1.67. The van der Waals surface area contributed by atoms with E-state index in [9.17, 15) is 13.2 Å². The first-order chi connectivity index (χ1) is 10.1. The van der Waals surface area contributed by atoms with Crippen molar-refractivity contribution in [1.29, 1.82) is 0 Å². The Morgan fingerprint density at radius 1 is 1.10 bits per heavy atom. The Bertz CT molecular complexity index is 628. The topological polar surface area (TPSA) is 57.7 Å². The van der Waals surface area contributed by atoms with Crippen LogP contribution < -0.4 is 4.90 Å². The number of amides is 1. The van der Waals surface area contributed by atoms with Gasteiger partial charge in [0.05, 0.1) is 18.1 Å². The van der Waals surface area contributed by atoms with E-state index in [0.717, 1.165) is 25.1 Å². The smallest absolute Gasteiger partial charge is 0.241 e. The summed E-state index contributed by atoms with van der Waals surface area (Å²) in [6, 6.07) is 8.02. The molecule has 5 nitrogen and oxygen atoms in total. The molecule has 114 valence electrons. The predicted octanol–water partition coefficient (Wildman–Crippen LogP) is 0.696. The fraction of sp³-hybridized carbons (Fsp3) is 0.533. The van der Waals surface area contributed by atoms with Crippen molar-refractivity contribution < 1.29 is 13.2 Å². The number of hydrogen-bond donors (Lipinski definition) is 0. The molecule has 2 heterocycles. The van der Waals surface area contributed by atoms with Crippen LogP contribution in [0.1, 0.15) is 12.0 Å². The van der Waals surface area contributed by atoms with Gasteiger partial charge in [0, 0.05) is 25.3 Å². The molecule has 0 unspecified atom stereocenters. The summed E-state index contributed by atoms with van der Waals surface area (Å²) in [5.41, 5.74) is 2.23. The van der Waals surface area contributed by atoms with Gasteiger partial charge in [0.2, 0.25) is 5.91 Å². The Labute approximate surface area is 125 Å². The lowest BCUT2D eigenvalue weighted by atomic mass is 10.0. The van der Waals surface area contributed by atoms with Crippen LogP contribution in [-0.4, -0.2) is 56.9 Å². The molecule has 0 aliphatic carbocycles. The summed E-state index contributed by atoms with van der Waals surface area (Å²) in [7, 11) is -2.89. The normalized spacial score (nSPS) is 21.8. The third-order valence-electron chi connectivity index (χ3n) is 4.21. The minimum Gasteiger partial charge on any atom is -0.311 e. The molecule has 0 saturated carbocycles. The van der Waals surface area contributed by atoms with Crippen LogP contribution in [0, 0.1) is 0 Å². The molecule has 1 fully saturated rings. The van der Waals surface area contributed by atoms with E-state index in [1.807, 2.05) is 28.0 Å². The number of para-hydroxylation sites is 1. The maximum absolute atomic E-state index is 12.5. The Hall–Kier alpha value is -1.40. The highest BCUT2D eigenvalue weighted by molar-refractivity contribution is 7.91. The van der Waals surface area contributed by atoms with Crippen molar-refractivity contribution >= 4 is 21.4 Å². The van der Waals surface area contributed by atoms with Crippen molar-refractivity contribution in [3.63, 3.8) is 0 Å². The lowest BCUT2D eigenvalue weighted by molar-refractivity contribution is -0.119. The van der Waals surface area contributed by atoms with Crippen molar-refractivity contribution in [3.8, 4) is 0 Å². The van der Waals surface area contributed by atoms with Crippen LogP contribution in [0.3, 0.4) is 0 Å². The summed E-state index contributed by atoms with van der Waals surface area (Å²) < 4.78 is 22.9. The van der Waals surface area contributed by atoms with Gasteiger partial charge in [-0.2, -0.15) is 0 Å². The van der Waals surface area contributed by atoms with Crippen molar-refractivity contribution in [1.82, 2.24) is 4.90 Å². The predicted molar refractivity (Wildman–Crippen MR) is 82.2 cm³/mol. The summed E-state index contributed by atoms with van der Waals surface area (Å²) in [4.78, 5) is 16.3. The van der Waals surface area contributed by atoms with Gasteiger partial charge in [-0.25, -0.2) is 8.42 Å². The molecule has 0 spiro atoms. The number of nitrogens with zero attached hydrogens (tertiary/aromatic N) is 2. The van der Waals surface area contributed by atoms with Gasteiger partial charge in [-0.3, -0.25) is 9.69 Å². The summed E-state index contributed by atoms with van der Waals surface area (Å²) in [6.07, 6.45) is 2.00. The quantitative estimate of drug-likeness (QED) is 0.807. The van der Waals surface area contributed by atoms with Gasteiger partial charge in [-0.1, -0.05) is 18.2 Å². The van der Waals surface area contributed by atoms with Crippen LogP contribution in [0.2, 0.25) is 0 Å². The first-order valence-corrected chi connectivity index (χ1v) is 9.18. The number of sulfone groups is 1. The number of benzene rings is 1. The highest BCUT2D eigenvalue weighted by Gasteiger charge is 2.27. The Morgan fingerprint density at radius 2 is 1.81 bits per heavy atom. The molecule has 1 aromatic rings. The largest absolute Gasteiger partial charge is 0.311 e. The monoisotopic (exact) mass is 308 g/mol. The highest BCUT2D eigenvalue weighted by Crippen LogP contribution is 2.26. The molecule has 0 radical (unpaired) electrons. The fourth-order valence-corrected chi connectivity index (χ4v) is 4.25. The van der Waals surface area contributed by atoms with E-state index < -0.39 is 9.84 Å². The number of anilines is 1. The van der Waals surface area contributed by atoms with E-state index in [2.05, 4.69) is 6.07 Å². The van der Waals surface area contributed by atoms with Crippen LogP contribution >= 0.6 is 0 Å². The van der Waals surface area contributed by atoms with Crippen molar-refractivity contribution in [2.75, 3.05) is 42.6 Å². The van der Waals surface area contributed by atoms with E-state index in [-0.39, 0.29) is 17.4 Å². The van der Waals surface area contributed by atoms with Crippen LogP contribution in [0.25, 0.3) is 0 Å². The second-order valence-electron chi connectivity index (χ2n) is 5.71. The van der Waals surface area contributed by atoms with Gasteiger partial charge in [-0.05, 0) is 24.5 Å². The third-order valence-corrected chi connectivity index (χ3v) is 5.82. The second-order valence-corrected chi connectivity index (χ2v) is 8.01. The first kappa shape index (κ1) is 14.5. The van der Waals surface area contributed by atoms with Crippen molar-refractivity contribution in [2.24, 2.45) is 0 Å². The van der Waals surface area contributed by atoms with Crippen LogP contribution in [-0.2, 0) is 21.1 Å². The van der Waals surface area contributed by atoms with Crippen molar-refractivity contribution in [2.45, 2.75) is 12.8 Å². The molecule has 0 N–H and O–H groups in total. The molecule has 0 aromatic heterocycles. The zero-order valence-electron chi connectivity index (χ0n) is 12.0. The molecule has 1 aromatic carbocycles. The lowest BCUT2D eigenvalue weighted by Crippen LogP contribution is -2.47. The molecule has 3 rings (SSSR count). The molecule has 1 saturated heterocycles. The average molecular weight is 308 g/mol. The molecule has 0 atom stereocenters. The molecule has 21 heavy (non-hydrogen) atoms. The third kappa shape index (κ3) is 3.27. The van der Waals surface area contributed by atoms with Gasteiger partial charge in [0.15, 0.2) is 9.84 Å². The highest BCUT2D eigenvalue weighted by atomic mass is 32.2. The summed E-state index contributed by atoms with van der Waals surface area (Å²) in [6.45, 7) is 1.99. The molecule has 0 bridgehead atoms. The first-order valence-electron chi connectivity index (χ1n) is 7.36. The summed E-state index contributed by atoms with van der Waals surface area (Å²) in [5.74, 6) is 0.398. The van der Waals surface area contributed by atoms with E-state index >= 15 is 0 Å². The van der Waals surface area contributed by atoms with Gasteiger partial charge in [0.1, 0.15) is 0 Å². The second kappa shape index (κ2) is 5.77. The van der Waals surface area contributed by atoms with Gasteiger partial charge in [0.25, 0.3) is 0 Å². The van der Waals surface area contributed by atoms with Gasteiger partial charge >= 0.3 is 0 Å². The number of carbonyl (C=O) groups is 1. The van der Waals surface area contributed by atoms with E-state index in [0.29, 0.717) is 19.6 Å². The van der Waals surface area contributed by atoms with Crippen LogP contribution in [0.5, 0.6) is 0 Å². The van der Waals surface area contributed by atoms with Gasteiger partial charge < -0.3 is 4.90 Å². The minimum absolute atomic E-state index is 0.0708. The lowest BCUT2D eigenvalue weighted by Gasteiger charge is -2.32. The van der Waals surface area contributed by atoms with Gasteiger partial charge in [-0.15, -0.1) is 0 Å². The maximum Gasteiger partial charge on any atom is 0.241 e. The Morgan fingerprint density at radius 3 is 2.57 bits per heavy atom.